The summed E-state index contributed by atoms with van der Waals surface area (Å²) in [6.07, 6.45) is 2.07. The van der Waals surface area contributed by atoms with Gasteiger partial charge in [-0.2, -0.15) is 5.26 Å². The van der Waals surface area contributed by atoms with E-state index in [2.05, 4.69) is 17.5 Å². The van der Waals surface area contributed by atoms with Crippen molar-refractivity contribution in [2.75, 3.05) is 0 Å². The molecule has 1 aliphatic carbocycles. The van der Waals surface area contributed by atoms with Gasteiger partial charge in [-0.3, -0.25) is 4.79 Å². The van der Waals surface area contributed by atoms with Crippen LogP contribution in [0.3, 0.4) is 0 Å². The third-order valence-corrected chi connectivity index (χ3v) is 3.95. The lowest BCUT2D eigenvalue weighted by Crippen LogP contribution is -2.49. The Labute approximate surface area is 108 Å². The Bertz CT molecular complexity index is 497. The Morgan fingerprint density at radius 2 is 2.11 bits per heavy atom. The molecule has 0 saturated carbocycles. The summed E-state index contributed by atoms with van der Waals surface area (Å²) in [5, 5.41) is 12.2. The molecule has 0 fully saturated rings. The first-order chi connectivity index (χ1) is 8.65. The van der Waals surface area contributed by atoms with Crippen LogP contribution in [0.1, 0.15) is 43.7 Å². The lowest BCUT2D eigenvalue weighted by atomic mass is 9.76. The topological polar surface area (TPSA) is 52.9 Å². The maximum absolute atomic E-state index is 12.2. The van der Waals surface area contributed by atoms with Crippen molar-refractivity contribution in [3.8, 4) is 6.07 Å². The van der Waals surface area contributed by atoms with E-state index in [1.165, 1.54) is 5.56 Å². The van der Waals surface area contributed by atoms with Gasteiger partial charge in [-0.25, -0.2) is 0 Å². The summed E-state index contributed by atoms with van der Waals surface area (Å²) < 4.78 is 0. The van der Waals surface area contributed by atoms with Gasteiger partial charge >= 0.3 is 0 Å². The molecule has 0 bridgehead atoms. The van der Waals surface area contributed by atoms with Crippen molar-refractivity contribution in [2.24, 2.45) is 0 Å². The molecule has 1 atom stereocenters. The van der Waals surface area contributed by atoms with E-state index in [1.54, 1.807) is 0 Å². The minimum atomic E-state index is -0.707. The third kappa shape index (κ3) is 1.99. The average Bonchev–Trinajstić information content (AvgIpc) is 2.37. The predicted octanol–water partition coefficient (Wildman–Crippen LogP) is 2.52. The number of fused-ring (bicyclic) bond motifs is 1. The zero-order chi connectivity index (χ0) is 13.2. The van der Waals surface area contributed by atoms with Gasteiger partial charge in [0.25, 0.3) is 0 Å². The first-order valence-corrected chi connectivity index (χ1v) is 6.47. The standard InChI is InChI=1S/C15H18N2O/c1-3-15(4-2,10-16)17-14(18)13-9-11-7-5-6-8-12(11)13/h5-8,13H,3-4,9H2,1-2H3,(H,17,18). The highest BCUT2D eigenvalue weighted by Crippen LogP contribution is 2.35. The second-order valence-corrected chi connectivity index (χ2v) is 4.85. The van der Waals surface area contributed by atoms with Gasteiger partial charge in [0.15, 0.2) is 0 Å². The van der Waals surface area contributed by atoms with Crippen LogP contribution in [0.15, 0.2) is 24.3 Å². The van der Waals surface area contributed by atoms with Crippen molar-refractivity contribution < 1.29 is 4.79 Å². The Kier molecular flexibility index (Phi) is 3.38. The summed E-state index contributed by atoms with van der Waals surface area (Å²) in [5.74, 6) is -0.0917. The number of carbonyl (C=O) groups excluding carboxylic acids is 1. The molecule has 1 aliphatic rings. The molecule has 94 valence electrons. The van der Waals surface area contributed by atoms with Crippen molar-refractivity contribution >= 4 is 5.91 Å². The van der Waals surface area contributed by atoms with E-state index in [9.17, 15) is 10.1 Å². The molecule has 18 heavy (non-hydrogen) atoms. The summed E-state index contributed by atoms with van der Waals surface area (Å²) in [6.45, 7) is 3.86. The minimum Gasteiger partial charge on any atom is -0.337 e. The smallest absolute Gasteiger partial charge is 0.229 e. The van der Waals surface area contributed by atoms with E-state index in [4.69, 9.17) is 0 Å². The van der Waals surface area contributed by atoms with Crippen molar-refractivity contribution in [3.63, 3.8) is 0 Å². The van der Waals surface area contributed by atoms with Crippen molar-refractivity contribution in [3.05, 3.63) is 35.4 Å². The maximum atomic E-state index is 12.2. The van der Waals surface area contributed by atoms with Gasteiger partial charge in [0.1, 0.15) is 5.54 Å². The number of carbonyl (C=O) groups is 1. The second-order valence-electron chi connectivity index (χ2n) is 4.85. The highest BCUT2D eigenvalue weighted by molar-refractivity contribution is 5.87. The van der Waals surface area contributed by atoms with Crippen LogP contribution in [0.4, 0.5) is 0 Å². The summed E-state index contributed by atoms with van der Waals surface area (Å²) in [6, 6.07) is 10.2. The van der Waals surface area contributed by atoms with Gasteiger partial charge in [-0.1, -0.05) is 38.1 Å². The number of nitriles is 1. The van der Waals surface area contributed by atoms with E-state index in [0.717, 1.165) is 12.0 Å². The fourth-order valence-electron chi connectivity index (χ4n) is 2.43. The molecule has 0 radical (unpaired) electrons. The van der Waals surface area contributed by atoms with Crippen LogP contribution in [0.5, 0.6) is 0 Å². The molecule has 0 spiro atoms. The van der Waals surface area contributed by atoms with Crippen LogP contribution in [0.2, 0.25) is 0 Å². The molecule has 1 amide bonds. The van der Waals surface area contributed by atoms with Gasteiger partial charge in [-0.05, 0) is 30.4 Å². The van der Waals surface area contributed by atoms with Crippen molar-refractivity contribution in [1.29, 1.82) is 5.26 Å². The zero-order valence-corrected chi connectivity index (χ0v) is 10.9. The Hall–Kier alpha value is -1.82. The Balaban J connectivity index is 2.10. The quantitative estimate of drug-likeness (QED) is 0.882. The Morgan fingerprint density at radius 3 is 2.67 bits per heavy atom. The first kappa shape index (κ1) is 12.6. The number of amides is 1. The van der Waals surface area contributed by atoms with E-state index >= 15 is 0 Å². The molecule has 1 aromatic rings. The second kappa shape index (κ2) is 4.81. The number of benzene rings is 1. The summed E-state index contributed by atoms with van der Waals surface area (Å²) in [4.78, 5) is 12.2. The first-order valence-electron chi connectivity index (χ1n) is 6.47. The van der Waals surface area contributed by atoms with E-state index in [1.807, 2.05) is 32.0 Å². The predicted molar refractivity (Wildman–Crippen MR) is 70.0 cm³/mol. The minimum absolute atomic E-state index is 0.0149. The van der Waals surface area contributed by atoms with Crippen LogP contribution in [0.25, 0.3) is 0 Å². The van der Waals surface area contributed by atoms with Gasteiger partial charge in [-0.15, -0.1) is 0 Å². The number of rotatable bonds is 4. The Morgan fingerprint density at radius 1 is 1.44 bits per heavy atom. The number of hydrogen-bond donors (Lipinski definition) is 1. The molecule has 1 aromatic carbocycles. The summed E-state index contributed by atoms with van der Waals surface area (Å²) in [5.41, 5.74) is 1.64. The molecule has 1 N–H and O–H groups in total. The fourth-order valence-corrected chi connectivity index (χ4v) is 2.43. The molecule has 0 aromatic heterocycles. The highest BCUT2D eigenvalue weighted by Gasteiger charge is 2.36. The van der Waals surface area contributed by atoms with Crippen LogP contribution in [0, 0.1) is 11.3 Å². The monoisotopic (exact) mass is 242 g/mol. The molecule has 0 saturated heterocycles. The zero-order valence-electron chi connectivity index (χ0n) is 10.9. The van der Waals surface area contributed by atoms with Crippen LogP contribution < -0.4 is 5.32 Å². The number of nitrogens with zero attached hydrogens (tertiary/aromatic N) is 1. The molecule has 3 heteroatoms. The van der Waals surface area contributed by atoms with E-state index in [-0.39, 0.29) is 11.8 Å². The maximum Gasteiger partial charge on any atom is 0.229 e. The highest BCUT2D eigenvalue weighted by atomic mass is 16.2. The summed E-state index contributed by atoms with van der Waals surface area (Å²) >= 11 is 0. The van der Waals surface area contributed by atoms with Crippen LogP contribution in [-0.4, -0.2) is 11.4 Å². The molecule has 2 rings (SSSR count). The fraction of sp³-hybridized carbons (Fsp3) is 0.467. The number of hydrogen-bond acceptors (Lipinski definition) is 2. The van der Waals surface area contributed by atoms with Crippen molar-refractivity contribution in [1.82, 2.24) is 5.32 Å². The van der Waals surface area contributed by atoms with Gasteiger partial charge in [0.05, 0.1) is 12.0 Å². The van der Waals surface area contributed by atoms with Crippen LogP contribution in [-0.2, 0) is 11.2 Å². The molecular weight excluding hydrogens is 224 g/mol. The number of nitrogens with one attached hydrogen (secondary N) is 1. The molecule has 0 aliphatic heterocycles. The van der Waals surface area contributed by atoms with E-state index in [0.29, 0.717) is 12.8 Å². The summed E-state index contributed by atoms with van der Waals surface area (Å²) in [7, 11) is 0. The largest absolute Gasteiger partial charge is 0.337 e. The molecular formula is C15H18N2O. The van der Waals surface area contributed by atoms with Gasteiger partial charge in [0, 0.05) is 0 Å². The molecule has 3 nitrogen and oxygen atoms in total. The molecule has 1 unspecified atom stereocenters. The van der Waals surface area contributed by atoms with E-state index < -0.39 is 5.54 Å². The van der Waals surface area contributed by atoms with Crippen molar-refractivity contribution in [2.45, 2.75) is 44.6 Å². The van der Waals surface area contributed by atoms with Crippen LogP contribution >= 0.6 is 0 Å². The average molecular weight is 242 g/mol. The third-order valence-electron chi connectivity index (χ3n) is 3.95. The SMILES string of the molecule is CCC(C#N)(CC)NC(=O)C1Cc2ccccc21. The normalized spacial score (nSPS) is 17.3. The molecule has 0 heterocycles. The lowest BCUT2D eigenvalue weighted by molar-refractivity contribution is -0.124. The van der Waals surface area contributed by atoms with Gasteiger partial charge in [0.2, 0.25) is 5.91 Å². The van der Waals surface area contributed by atoms with Gasteiger partial charge < -0.3 is 5.32 Å². The lowest BCUT2D eigenvalue weighted by Gasteiger charge is -2.33.